The quantitative estimate of drug-likeness (QED) is 0.356. The normalized spacial score (nSPS) is 12.8. The number of aromatic hydroxyl groups is 1. The summed E-state index contributed by atoms with van der Waals surface area (Å²) >= 11 is 1.20. The Balaban J connectivity index is 1.83. The minimum absolute atomic E-state index is 0.105. The molecule has 27 heavy (non-hydrogen) atoms. The third-order valence-corrected chi connectivity index (χ3v) is 4.62. The Kier molecular flexibility index (Phi) is 7.26. The van der Waals surface area contributed by atoms with Gasteiger partial charge >= 0.3 is 0 Å². The van der Waals surface area contributed by atoms with Crippen LogP contribution in [0.25, 0.3) is 0 Å². The van der Waals surface area contributed by atoms with Crippen LogP contribution in [0.2, 0.25) is 0 Å². The van der Waals surface area contributed by atoms with Crippen molar-refractivity contribution in [3.63, 3.8) is 0 Å². The number of aromatic nitrogens is 1. The molecule has 0 bridgehead atoms. The van der Waals surface area contributed by atoms with Crippen molar-refractivity contribution >= 4 is 34.6 Å². The molecule has 0 unspecified atom stereocenters. The minimum atomic E-state index is -0.907. The summed E-state index contributed by atoms with van der Waals surface area (Å²) in [6.07, 6.45) is 2.65. The van der Waals surface area contributed by atoms with E-state index >= 15 is 0 Å². The van der Waals surface area contributed by atoms with Crippen molar-refractivity contribution in [2.24, 2.45) is 11.5 Å². The molecule has 0 aliphatic rings. The lowest BCUT2D eigenvalue weighted by atomic mass is 10.0. The van der Waals surface area contributed by atoms with Crippen LogP contribution in [0.4, 0.5) is 5.13 Å². The highest BCUT2D eigenvalue weighted by molar-refractivity contribution is 7.17. The zero-order valence-corrected chi connectivity index (χ0v) is 15.2. The molecular formula is C17H21N5O4S. The predicted molar refractivity (Wildman–Crippen MR) is 102 cm³/mol. The first kappa shape index (κ1) is 20.3. The van der Waals surface area contributed by atoms with Crippen molar-refractivity contribution in [1.29, 1.82) is 0 Å². The van der Waals surface area contributed by atoms with Gasteiger partial charge in [0.1, 0.15) is 11.8 Å². The molecule has 9 nitrogen and oxygen atoms in total. The Morgan fingerprint density at radius 1 is 1.30 bits per heavy atom. The lowest BCUT2D eigenvalue weighted by Crippen LogP contribution is -2.51. The number of carbonyl (C=O) groups is 3. The number of amides is 2. The van der Waals surface area contributed by atoms with E-state index in [0.29, 0.717) is 29.3 Å². The maximum Gasteiger partial charge on any atom is 0.240 e. The molecule has 1 aromatic carbocycles. The van der Waals surface area contributed by atoms with Crippen molar-refractivity contribution in [2.75, 3.05) is 11.9 Å². The number of anilines is 1. The highest BCUT2D eigenvalue weighted by Gasteiger charge is 2.22. The van der Waals surface area contributed by atoms with Crippen molar-refractivity contribution < 1.29 is 19.5 Å². The van der Waals surface area contributed by atoms with Crippen LogP contribution in [0, 0.1) is 0 Å². The molecule has 144 valence electrons. The molecule has 7 N–H and O–H groups in total. The van der Waals surface area contributed by atoms with Crippen LogP contribution < -0.4 is 22.1 Å². The third-order valence-electron chi connectivity index (χ3n) is 3.74. The first-order valence-corrected chi connectivity index (χ1v) is 8.98. The number of rotatable bonds is 10. The number of primary amides is 1. The molecule has 0 radical (unpaired) electrons. The Bertz CT molecular complexity index is 793. The Hall–Kier alpha value is -2.98. The highest BCUT2D eigenvalue weighted by Crippen LogP contribution is 2.16. The number of carbonyl (C=O) groups excluding carboxylic acids is 3. The number of nitrogens with zero attached hydrogens (tertiary/aromatic N) is 1. The van der Waals surface area contributed by atoms with E-state index in [1.807, 2.05) is 0 Å². The van der Waals surface area contributed by atoms with Gasteiger partial charge in [0.05, 0.1) is 17.1 Å². The van der Waals surface area contributed by atoms with Gasteiger partial charge < -0.3 is 27.2 Å². The molecule has 1 aromatic heterocycles. The summed E-state index contributed by atoms with van der Waals surface area (Å²) in [4.78, 5) is 39.0. The fourth-order valence-electron chi connectivity index (χ4n) is 2.26. The van der Waals surface area contributed by atoms with Crippen molar-refractivity contribution in [1.82, 2.24) is 10.3 Å². The SMILES string of the molecule is NC(=O)[C@H](Cc1ccc(O)cc1)NC(=O)[C@@H](N)CCNc1ncc(C=O)s1. The molecule has 0 aliphatic heterocycles. The number of benzene rings is 1. The largest absolute Gasteiger partial charge is 0.508 e. The Labute approximate surface area is 159 Å². The Morgan fingerprint density at radius 3 is 2.59 bits per heavy atom. The van der Waals surface area contributed by atoms with Crippen LogP contribution in [0.3, 0.4) is 0 Å². The molecule has 2 aromatic rings. The number of hydrogen-bond acceptors (Lipinski definition) is 8. The number of thiazole rings is 1. The summed E-state index contributed by atoms with van der Waals surface area (Å²) in [5, 5.41) is 15.4. The van der Waals surface area contributed by atoms with Crippen LogP contribution in [-0.2, 0) is 16.0 Å². The van der Waals surface area contributed by atoms with Crippen LogP contribution in [-0.4, -0.2) is 46.8 Å². The first-order valence-electron chi connectivity index (χ1n) is 8.17. The standard InChI is InChI=1S/C17H21N5O4S/c18-13(5-6-20-17-21-8-12(9-23)27-17)16(26)22-14(15(19)25)7-10-1-3-11(24)4-2-10/h1-4,8-9,13-14,24H,5-7,18H2,(H2,19,25)(H,20,21)(H,22,26)/t13-,14-/m0/s1. The number of phenols is 1. The van der Waals surface area contributed by atoms with E-state index in [4.69, 9.17) is 11.5 Å². The zero-order valence-electron chi connectivity index (χ0n) is 14.4. The molecule has 0 saturated heterocycles. The lowest BCUT2D eigenvalue weighted by molar-refractivity contribution is -0.128. The average Bonchev–Trinajstić information content (AvgIpc) is 3.10. The van der Waals surface area contributed by atoms with Gasteiger partial charge in [-0.25, -0.2) is 4.98 Å². The monoisotopic (exact) mass is 391 g/mol. The average molecular weight is 391 g/mol. The van der Waals surface area contributed by atoms with Gasteiger partial charge in [-0.05, 0) is 24.1 Å². The number of nitrogens with two attached hydrogens (primary N) is 2. The second-order valence-electron chi connectivity index (χ2n) is 5.84. The fourth-order valence-corrected chi connectivity index (χ4v) is 2.91. The van der Waals surface area contributed by atoms with Gasteiger partial charge in [-0.1, -0.05) is 23.5 Å². The lowest BCUT2D eigenvalue weighted by Gasteiger charge is -2.19. The van der Waals surface area contributed by atoms with Gasteiger partial charge in [0.15, 0.2) is 11.4 Å². The molecule has 2 rings (SSSR count). The molecule has 0 saturated carbocycles. The summed E-state index contributed by atoms with van der Waals surface area (Å²) < 4.78 is 0. The topological polar surface area (TPSA) is 160 Å². The molecule has 2 amide bonds. The second-order valence-corrected chi connectivity index (χ2v) is 6.90. The van der Waals surface area contributed by atoms with Gasteiger partial charge in [0.2, 0.25) is 11.8 Å². The van der Waals surface area contributed by atoms with Gasteiger partial charge in [0, 0.05) is 13.0 Å². The van der Waals surface area contributed by atoms with E-state index in [1.165, 1.54) is 29.7 Å². The van der Waals surface area contributed by atoms with Gasteiger partial charge in [-0.2, -0.15) is 0 Å². The molecule has 2 atom stereocenters. The molecule has 1 heterocycles. The summed E-state index contributed by atoms with van der Waals surface area (Å²) in [5.74, 6) is -1.06. The van der Waals surface area contributed by atoms with E-state index < -0.39 is 23.9 Å². The van der Waals surface area contributed by atoms with Crippen molar-refractivity contribution in [3.8, 4) is 5.75 Å². The number of nitrogens with one attached hydrogen (secondary N) is 2. The van der Waals surface area contributed by atoms with Gasteiger partial charge in [-0.3, -0.25) is 14.4 Å². The molecule has 0 fully saturated rings. The third kappa shape index (κ3) is 6.35. The molecule has 10 heteroatoms. The van der Waals surface area contributed by atoms with E-state index in [0.717, 1.165) is 5.56 Å². The maximum atomic E-state index is 12.2. The van der Waals surface area contributed by atoms with E-state index in [2.05, 4.69) is 15.6 Å². The number of aldehydes is 1. The van der Waals surface area contributed by atoms with Gasteiger partial charge in [-0.15, -0.1) is 0 Å². The second kappa shape index (κ2) is 9.64. The highest BCUT2D eigenvalue weighted by atomic mass is 32.1. The first-order chi connectivity index (χ1) is 12.9. The van der Waals surface area contributed by atoms with Crippen molar-refractivity contribution in [3.05, 3.63) is 40.9 Å². The summed E-state index contributed by atoms with van der Waals surface area (Å²) in [6, 6.07) is 4.51. The molecule has 0 spiro atoms. The van der Waals surface area contributed by atoms with Crippen LogP contribution in [0.5, 0.6) is 5.75 Å². The van der Waals surface area contributed by atoms with Gasteiger partial charge in [0.25, 0.3) is 0 Å². The fraction of sp³-hybridized carbons (Fsp3) is 0.294. The number of phenolic OH excluding ortho intramolecular Hbond substituents is 1. The van der Waals surface area contributed by atoms with E-state index in [9.17, 15) is 19.5 Å². The van der Waals surface area contributed by atoms with Crippen molar-refractivity contribution in [2.45, 2.75) is 24.9 Å². The predicted octanol–water partition coefficient (Wildman–Crippen LogP) is 0.00330. The molecule has 0 aliphatic carbocycles. The number of hydrogen-bond donors (Lipinski definition) is 5. The summed E-state index contributed by atoms with van der Waals surface area (Å²) in [7, 11) is 0. The zero-order chi connectivity index (χ0) is 19.8. The minimum Gasteiger partial charge on any atom is -0.508 e. The summed E-state index contributed by atoms with van der Waals surface area (Å²) in [5.41, 5.74) is 12.0. The molecular weight excluding hydrogens is 370 g/mol. The van der Waals surface area contributed by atoms with E-state index in [-0.39, 0.29) is 12.2 Å². The van der Waals surface area contributed by atoms with Crippen LogP contribution in [0.1, 0.15) is 21.7 Å². The maximum absolute atomic E-state index is 12.2. The van der Waals surface area contributed by atoms with E-state index in [1.54, 1.807) is 12.1 Å². The smallest absolute Gasteiger partial charge is 0.240 e. The van der Waals surface area contributed by atoms with Crippen LogP contribution in [0.15, 0.2) is 30.5 Å². The summed E-state index contributed by atoms with van der Waals surface area (Å²) in [6.45, 7) is 0.375. The van der Waals surface area contributed by atoms with Crippen LogP contribution >= 0.6 is 11.3 Å². The Morgan fingerprint density at radius 2 is 2.00 bits per heavy atom.